The minimum Gasteiger partial charge on any atom is -0.492 e. The van der Waals surface area contributed by atoms with Crippen molar-refractivity contribution in [1.82, 2.24) is 0 Å². The first-order chi connectivity index (χ1) is 25.8. The second-order valence-electron chi connectivity index (χ2n) is 13.8. The summed E-state index contributed by atoms with van der Waals surface area (Å²) in [5.41, 5.74) is 5.35. The Kier molecular flexibility index (Phi) is 38.2. The molecule has 0 aromatic rings. The molecule has 10 heteroatoms. The minimum absolute atomic E-state index is 0.0822. The predicted octanol–water partition coefficient (Wildman–Crippen LogP) is 11.5. The fraction of sp³-hybridized carbons (Fsp3) is 0.744. The molecule has 0 amide bonds. The molecule has 3 atom stereocenters. The highest BCUT2D eigenvalue weighted by Crippen LogP contribution is 2.43. The fourth-order valence-electron chi connectivity index (χ4n) is 5.41. The normalized spacial score (nSPS) is 14.7. The Balaban J connectivity index is 4.26. The lowest BCUT2D eigenvalue weighted by molar-refractivity contribution is -0.147. The number of aliphatic hydroxyl groups excluding tert-OH is 1. The van der Waals surface area contributed by atoms with Gasteiger partial charge < -0.3 is 25.2 Å². The summed E-state index contributed by atoms with van der Waals surface area (Å²) in [7, 11) is -4.29. The maximum Gasteiger partial charge on any atom is 0.472 e. The van der Waals surface area contributed by atoms with E-state index in [2.05, 4.69) is 19.9 Å². The van der Waals surface area contributed by atoms with Crippen molar-refractivity contribution in [3.8, 4) is 0 Å². The maximum absolute atomic E-state index is 12.4. The highest BCUT2D eigenvalue weighted by molar-refractivity contribution is 7.47. The van der Waals surface area contributed by atoms with Crippen LogP contribution in [0, 0.1) is 0 Å². The van der Waals surface area contributed by atoms with Gasteiger partial charge >= 0.3 is 13.8 Å². The van der Waals surface area contributed by atoms with Crippen molar-refractivity contribution < 1.29 is 37.9 Å². The monoisotopic (exact) mass is 768 g/mol. The van der Waals surface area contributed by atoms with Gasteiger partial charge in [0.1, 0.15) is 6.61 Å². The van der Waals surface area contributed by atoms with Crippen LogP contribution in [0.2, 0.25) is 0 Å². The molecule has 0 aromatic carbocycles. The van der Waals surface area contributed by atoms with Gasteiger partial charge in [0.15, 0.2) is 6.10 Å². The molecule has 0 aliphatic carbocycles. The topological polar surface area (TPSA) is 138 Å². The van der Waals surface area contributed by atoms with Crippen LogP contribution in [0.3, 0.4) is 0 Å². The van der Waals surface area contributed by atoms with Crippen LogP contribution in [0.4, 0.5) is 0 Å². The zero-order chi connectivity index (χ0) is 38.9. The summed E-state index contributed by atoms with van der Waals surface area (Å²) < 4.78 is 33.1. The molecule has 0 saturated heterocycles. The van der Waals surface area contributed by atoms with Gasteiger partial charge in [0, 0.05) is 13.0 Å². The Bertz CT molecular complexity index is 1010. The van der Waals surface area contributed by atoms with Crippen LogP contribution in [0.25, 0.3) is 0 Å². The maximum atomic E-state index is 12.4. The van der Waals surface area contributed by atoms with Gasteiger partial charge in [-0.15, -0.1) is 0 Å². The van der Waals surface area contributed by atoms with E-state index in [0.717, 1.165) is 32.1 Å². The quantitative estimate of drug-likeness (QED) is 0.0139. The summed E-state index contributed by atoms with van der Waals surface area (Å²) in [5.74, 6) is -0.373. The zero-order valence-electron chi connectivity index (χ0n) is 33.6. The second kappa shape index (κ2) is 39.7. The van der Waals surface area contributed by atoms with Gasteiger partial charge in [0.05, 0.1) is 25.6 Å². The molecule has 0 fully saturated rings. The molecule has 0 radical (unpaired) electrons. The Hall–Kier alpha value is -2.00. The SMILES string of the molecule is CCCCC/C=C\C=C/[C@@H](O)C/C=C\C/C=C/CCCC(=O)OC[C@H](COP(=O)(O)OCCN)O/C=C/CCCCCCCCCCCCCCCC. The predicted molar refractivity (Wildman–Crippen MR) is 220 cm³/mol. The average molecular weight is 768 g/mol. The standard InChI is InChI=1S/C43H78NO8P/c1-3-5-7-9-11-12-13-14-15-16-17-18-19-24-28-32-37-49-42(40-52-53(47,48)51-38-36-44)39-50-43(46)35-31-27-23-20-22-26-30-34-41(45)33-29-25-21-10-8-6-4-2/h20-21,23,25-26,29-30,32-33,37,41-42,45H,3-19,22,24,27-28,31,34-36,38-40,44H2,1-2H3,(H,47,48)/b23-20+,25-21-,30-26-,33-29-,37-32+/t41-,42-/m1/s1. The third kappa shape index (κ3) is 39.5. The van der Waals surface area contributed by atoms with Gasteiger partial charge in [-0.05, 0) is 57.4 Å². The van der Waals surface area contributed by atoms with E-state index in [1.807, 2.05) is 42.5 Å². The van der Waals surface area contributed by atoms with Gasteiger partial charge in [0.25, 0.3) is 0 Å². The molecule has 0 spiro atoms. The first kappa shape index (κ1) is 51.0. The minimum atomic E-state index is -4.29. The van der Waals surface area contributed by atoms with Crippen LogP contribution in [0.1, 0.15) is 168 Å². The Morgan fingerprint density at radius 1 is 0.679 bits per heavy atom. The van der Waals surface area contributed by atoms with Crippen molar-refractivity contribution in [2.45, 2.75) is 180 Å². The third-order valence-electron chi connectivity index (χ3n) is 8.61. The van der Waals surface area contributed by atoms with Crippen LogP contribution in [0.5, 0.6) is 0 Å². The molecule has 0 heterocycles. The number of rotatable bonds is 39. The number of carbonyl (C=O) groups excluding carboxylic acids is 1. The molecule has 1 unspecified atom stereocenters. The van der Waals surface area contributed by atoms with Crippen molar-refractivity contribution >= 4 is 13.8 Å². The van der Waals surface area contributed by atoms with E-state index in [1.165, 1.54) is 103 Å². The molecule has 0 aliphatic rings. The number of hydrogen-bond acceptors (Lipinski definition) is 8. The zero-order valence-corrected chi connectivity index (χ0v) is 34.5. The summed E-state index contributed by atoms with van der Waals surface area (Å²) in [6, 6.07) is 0. The van der Waals surface area contributed by atoms with Crippen molar-refractivity contribution in [3.05, 3.63) is 60.9 Å². The Morgan fingerprint density at radius 2 is 1.25 bits per heavy atom. The number of nitrogens with two attached hydrogens (primary N) is 1. The number of phosphoric acid groups is 1. The highest BCUT2D eigenvalue weighted by atomic mass is 31.2. The summed E-state index contributed by atoms with van der Waals surface area (Å²) in [4.78, 5) is 22.2. The van der Waals surface area contributed by atoms with Gasteiger partial charge in [0.2, 0.25) is 0 Å². The van der Waals surface area contributed by atoms with Crippen molar-refractivity contribution in [2.75, 3.05) is 26.4 Å². The number of hydrogen-bond donors (Lipinski definition) is 3. The van der Waals surface area contributed by atoms with E-state index >= 15 is 0 Å². The Morgan fingerprint density at radius 3 is 1.91 bits per heavy atom. The van der Waals surface area contributed by atoms with E-state index in [4.69, 9.17) is 24.3 Å². The first-order valence-electron chi connectivity index (χ1n) is 20.9. The van der Waals surface area contributed by atoms with Crippen LogP contribution >= 0.6 is 7.82 Å². The highest BCUT2D eigenvalue weighted by Gasteiger charge is 2.24. The van der Waals surface area contributed by atoms with E-state index < -0.39 is 20.0 Å². The molecular formula is C43H78NO8P. The molecule has 53 heavy (non-hydrogen) atoms. The van der Waals surface area contributed by atoms with Gasteiger partial charge in [-0.3, -0.25) is 13.8 Å². The van der Waals surface area contributed by atoms with Crippen molar-refractivity contribution in [3.63, 3.8) is 0 Å². The number of ether oxygens (including phenoxy) is 2. The number of aliphatic hydroxyl groups is 1. The summed E-state index contributed by atoms with van der Waals surface area (Å²) >= 11 is 0. The molecule has 0 saturated carbocycles. The van der Waals surface area contributed by atoms with Crippen LogP contribution < -0.4 is 5.73 Å². The number of esters is 1. The second-order valence-corrected chi connectivity index (χ2v) is 15.2. The molecule has 4 N–H and O–H groups in total. The molecule has 0 rings (SSSR count). The lowest BCUT2D eigenvalue weighted by Gasteiger charge is -2.19. The lowest BCUT2D eigenvalue weighted by atomic mass is 10.0. The van der Waals surface area contributed by atoms with Crippen molar-refractivity contribution in [1.29, 1.82) is 0 Å². The number of unbranched alkanes of at least 4 members (excludes halogenated alkanes) is 18. The average Bonchev–Trinajstić information content (AvgIpc) is 3.14. The van der Waals surface area contributed by atoms with E-state index in [1.54, 1.807) is 12.3 Å². The number of phosphoric ester groups is 1. The molecule has 0 bridgehead atoms. The summed E-state index contributed by atoms with van der Waals surface area (Å²) in [6.45, 7) is 4.03. The van der Waals surface area contributed by atoms with Crippen molar-refractivity contribution in [2.24, 2.45) is 5.73 Å². The van der Waals surface area contributed by atoms with E-state index in [-0.39, 0.29) is 38.8 Å². The van der Waals surface area contributed by atoms with Crippen LogP contribution in [-0.4, -0.2) is 54.5 Å². The van der Waals surface area contributed by atoms with Crippen LogP contribution in [0.15, 0.2) is 60.9 Å². The molecule has 9 nitrogen and oxygen atoms in total. The van der Waals surface area contributed by atoms with E-state index in [0.29, 0.717) is 12.8 Å². The molecule has 0 aliphatic heterocycles. The largest absolute Gasteiger partial charge is 0.492 e. The Labute approximate surface area is 324 Å². The summed E-state index contributed by atoms with van der Waals surface area (Å²) in [6.07, 6.45) is 45.1. The molecule has 0 aromatic heterocycles. The van der Waals surface area contributed by atoms with E-state index in [9.17, 15) is 19.4 Å². The first-order valence-corrected chi connectivity index (χ1v) is 22.4. The molecule has 308 valence electrons. The van der Waals surface area contributed by atoms with Gasteiger partial charge in [-0.1, -0.05) is 159 Å². The van der Waals surface area contributed by atoms with Gasteiger partial charge in [-0.25, -0.2) is 4.57 Å². The van der Waals surface area contributed by atoms with Gasteiger partial charge in [-0.2, -0.15) is 0 Å². The fourth-order valence-corrected chi connectivity index (χ4v) is 6.17. The number of carbonyl (C=O) groups is 1. The summed E-state index contributed by atoms with van der Waals surface area (Å²) in [5, 5.41) is 10.0. The lowest BCUT2D eigenvalue weighted by Crippen LogP contribution is -2.25. The third-order valence-corrected chi connectivity index (χ3v) is 9.59. The van der Waals surface area contributed by atoms with Crippen LogP contribution in [-0.2, 0) is 27.9 Å². The number of allylic oxidation sites excluding steroid dienone is 7. The molecular weight excluding hydrogens is 689 g/mol. The smallest absolute Gasteiger partial charge is 0.472 e.